The molecule has 3 rings (SSSR count). The van der Waals surface area contributed by atoms with E-state index in [1.807, 2.05) is 56.3 Å². The fourth-order valence-electron chi connectivity index (χ4n) is 3.37. The van der Waals surface area contributed by atoms with Crippen LogP contribution in [0.25, 0.3) is 10.8 Å². The molecule has 150 valence electrons. The Hall–Kier alpha value is -2.64. The van der Waals surface area contributed by atoms with Gasteiger partial charge in [0, 0.05) is 26.1 Å². The highest BCUT2D eigenvalue weighted by molar-refractivity contribution is 5.84. The molecule has 2 N–H and O–H groups in total. The summed E-state index contributed by atoms with van der Waals surface area (Å²) in [6.45, 7) is 6.13. The van der Waals surface area contributed by atoms with Gasteiger partial charge in [0.25, 0.3) is 5.91 Å². The number of nitrogens with one attached hydrogen (secondary N) is 2. The van der Waals surface area contributed by atoms with E-state index >= 15 is 0 Å². The Labute approximate surface area is 165 Å². The van der Waals surface area contributed by atoms with Crippen LogP contribution in [0, 0.1) is 0 Å². The van der Waals surface area contributed by atoms with E-state index in [0.29, 0.717) is 18.7 Å². The van der Waals surface area contributed by atoms with Crippen LogP contribution in [0.15, 0.2) is 42.5 Å². The molecule has 7 heteroatoms. The van der Waals surface area contributed by atoms with Gasteiger partial charge >= 0.3 is 0 Å². The van der Waals surface area contributed by atoms with Crippen molar-refractivity contribution >= 4 is 22.6 Å². The summed E-state index contributed by atoms with van der Waals surface area (Å²) < 4.78 is 11.2. The van der Waals surface area contributed by atoms with Crippen molar-refractivity contribution in [3.8, 4) is 5.75 Å². The lowest BCUT2D eigenvalue weighted by molar-refractivity contribution is -0.130. The first kappa shape index (κ1) is 20.1. The van der Waals surface area contributed by atoms with Crippen LogP contribution in [-0.2, 0) is 14.3 Å². The molecule has 0 spiro atoms. The second-order valence-corrected chi connectivity index (χ2v) is 7.16. The van der Waals surface area contributed by atoms with Gasteiger partial charge in [0.15, 0.2) is 6.61 Å². The molecular weight excluding hydrogens is 358 g/mol. The topological polar surface area (TPSA) is 79.9 Å². The Kier molecular flexibility index (Phi) is 6.84. The molecule has 0 aromatic heterocycles. The first-order chi connectivity index (χ1) is 13.5. The summed E-state index contributed by atoms with van der Waals surface area (Å²) >= 11 is 0. The van der Waals surface area contributed by atoms with E-state index in [4.69, 9.17) is 9.47 Å². The van der Waals surface area contributed by atoms with Gasteiger partial charge in [-0.05, 0) is 36.8 Å². The van der Waals surface area contributed by atoms with Gasteiger partial charge in [0.2, 0.25) is 5.91 Å². The molecule has 1 saturated heterocycles. The molecule has 1 fully saturated rings. The number of amides is 2. The second kappa shape index (κ2) is 9.52. The fourth-order valence-corrected chi connectivity index (χ4v) is 3.37. The molecule has 1 heterocycles. The van der Waals surface area contributed by atoms with Crippen LogP contribution < -0.4 is 15.6 Å². The van der Waals surface area contributed by atoms with Gasteiger partial charge in [-0.2, -0.15) is 0 Å². The molecule has 0 aliphatic carbocycles. The van der Waals surface area contributed by atoms with E-state index in [2.05, 4.69) is 15.8 Å². The van der Waals surface area contributed by atoms with Gasteiger partial charge in [-0.1, -0.05) is 30.3 Å². The maximum absolute atomic E-state index is 11.9. The molecule has 2 atom stereocenters. The summed E-state index contributed by atoms with van der Waals surface area (Å²) in [5.74, 6) is -0.0308. The third-order valence-corrected chi connectivity index (χ3v) is 4.58. The van der Waals surface area contributed by atoms with E-state index in [0.717, 1.165) is 23.9 Å². The lowest BCUT2D eigenvalue weighted by Gasteiger charge is -2.35. The number of fused-ring (bicyclic) bond motifs is 1. The smallest absolute Gasteiger partial charge is 0.276 e. The van der Waals surface area contributed by atoms with E-state index in [1.54, 1.807) is 0 Å². The van der Waals surface area contributed by atoms with Gasteiger partial charge in [-0.25, -0.2) is 0 Å². The van der Waals surface area contributed by atoms with Crippen LogP contribution in [0.5, 0.6) is 5.75 Å². The normalized spacial score (nSPS) is 19.9. The summed E-state index contributed by atoms with van der Waals surface area (Å²) in [7, 11) is 0. The first-order valence-electron chi connectivity index (χ1n) is 9.56. The fraction of sp³-hybridized carbons (Fsp3) is 0.429. The van der Waals surface area contributed by atoms with E-state index in [1.165, 1.54) is 0 Å². The van der Waals surface area contributed by atoms with Crippen LogP contribution in [0.1, 0.15) is 20.3 Å². The van der Waals surface area contributed by atoms with E-state index in [-0.39, 0.29) is 24.7 Å². The summed E-state index contributed by atoms with van der Waals surface area (Å²) in [4.78, 5) is 26.0. The number of benzene rings is 2. The molecule has 0 bridgehead atoms. The number of hydrogen-bond donors (Lipinski definition) is 2. The molecule has 28 heavy (non-hydrogen) atoms. The largest absolute Gasteiger partial charge is 0.484 e. The van der Waals surface area contributed by atoms with E-state index < -0.39 is 5.91 Å². The minimum absolute atomic E-state index is 0.166. The predicted octanol–water partition coefficient (Wildman–Crippen LogP) is 1.87. The molecule has 2 aromatic rings. The van der Waals surface area contributed by atoms with Gasteiger partial charge in [0.1, 0.15) is 5.75 Å². The van der Waals surface area contributed by atoms with Crippen molar-refractivity contribution in [1.29, 1.82) is 0 Å². The van der Waals surface area contributed by atoms with Crippen molar-refractivity contribution in [2.24, 2.45) is 0 Å². The predicted molar refractivity (Wildman–Crippen MR) is 107 cm³/mol. The van der Waals surface area contributed by atoms with Crippen molar-refractivity contribution in [2.45, 2.75) is 32.5 Å². The molecule has 0 unspecified atom stereocenters. The zero-order valence-corrected chi connectivity index (χ0v) is 16.3. The second-order valence-electron chi connectivity index (χ2n) is 7.16. The minimum atomic E-state index is -0.407. The van der Waals surface area contributed by atoms with Crippen molar-refractivity contribution < 1.29 is 19.1 Å². The van der Waals surface area contributed by atoms with Crippen molar-refractivity contribution in [3.05, 3.63) is 42.5 Å². The molecular formula is C21H27N3O4. The maximum atomic E-state index is 11.9. The Morgan fingerprint density at radius 1 is 1.04 bits per heavy atom. The van der Waals surface area contributed by atoms with Gasteiger partial charge in [-0.3, -0.25) is 25.3 Å². The number of nitrogens with zero attached hydrogens (tertiary/aromatic N) is 1. The Morgan fingerprint density at radius 3 is 2.46 bits per heavy atom. The third kappa shape index (κ3) is 5.94. The summed E-state index contributed by atoms with van der Waals surface area (Å²) in [5.41, 5.74) is 4.82. The molecule has 2 aromatic carbocycles. The molecule has 0 radical (unpaired) electrons. The zero-order valence-electron chi connectivity index (χ0n) is 16.3. The average Bonchev–Trinajstić information content (AvgIpc) is 2.68. The van der Waals surface area contributed by atoms with Crippen LogP contribution in [-0.4, -0.2) is 55.2 Å². The molecule has 0 saturated carbocycles. The Morgan fingerprint density at radius 2 is 1.71 bits per heavy atom. The molecule has 1 aliphatic rings. The highest BCUT2D eigenvalue weighted by Crippen LogP contribution is 2.20. The van der Waals surface area contributed by atoms with Gasteiger partial charge in [0.05, 0.1) is 12.2 Å². The number of carbonyl (C=O) groups is 2. The highest BCUT2D eigenvalue weighted by atomic mass is 16.5. The molecule has 2 amide bonds. The van der Waals surface area contributed by atoms with Crippen molar-refractivity contribution in [3.63, 3.8) is 0 Å². The van der Waals surface area contributed by atoms with Gasteiger partial charge in [-0.15, -0.1) is 0 Å². The zero-order chi connectivity index (χ0) is 19.9. The summed E-state index contributed by atoms with van der Waals surface area (Å²) in [5, 5.41) is 2.15. The van der Waals surface area contributed by atoms with Crippen molar-refractivity contribution in [1.82, 2.24) is 15.8 Å². The average molecular weight is 385 g/mol. The number of morpholine rings is 1. The summed E-state index contributed by atoms with van der Waals surface area (Å²) in [6, 6.07) is 13.6. The van der Waals surface area contributed by atoms with Crippen LogP contribution in [0.4, 0.5) is 0 Å². The minimum Gasteiger partial charge on any atom is -0.484 e. The standard InChI is InChI=1S/C21H27N3O4/c1-15-12-24(13-16(2)28-15)10-9-20(25)22-23-21(26)14-27-19-8-7-17-5-3-4-6-18(17)11-19/h3-8,11,15-16H,9-10,12-14H2,1-2H3,(H,22,25)(H,23,26)/t15-,16-/m1/s1. The number of hydrogen-bond acceptors (Lipinski definition) is 5. The first-order valence-corrected chi connectivity index (χ1v) is 9.56. The van der Waals surface area contributed by atoms with Crippen molar-refractivity contribution in [2.75, 3.05) is 26.2 Å². The quantitative estimate of drug-likeness (QED) is 0.742. The number of ether oxygens (including phenoxy) is 2. The van der Waals surface area contributed by atoms with Crippen LogP contribution >= 0.6 is 0 Å². The van der Waals surface area contributed by atoms with Crippen LogP contribution in [0.3, 0.4) is 0 Å². The number of rotatable bonds is 6. The molecule has 1 aliphatic heterocycles. The van der Waals surface area contributed by atoms with Crippen LogP contribution in [0.2, 0.25) is 0 Å². The lowest BCUT2D eigenvalue weighted by atomic mass is 10.1. The molecule has 7 nitrogen and oxygen atoms in total. The van der Waals surface area contributed by atoms with Gasteiger partial charge < -0.3 is 9.47 Å². The summed E-state index contributed by atoms with van der Waals surface area (Å²) in [6.07, 6.45) is 0.642. The van der Waals surface area contributed by atoms with E-state index in [9.17, 15) is 9.59 Å². The maximum Gasteiger partial charge on any atom is 0.276 e. The SMILES string of the molecule is C[C@@H]1CN(CCC(=O)NNC(=O)COc2ccc3ccccc3c2)C[C@@H](C)O1. The Bertz CT molecular complexity index is 816. The lowest BCUT2D eigenvalue weighted by Crippen LogP contribution is -2.48. The number of carbonyl (C=O) groups excluding carboxylic acids is 2. The number of hydrazine groups is 1. The highest BCUT2D eigenvalue weighted by Gasteiger charge is 2.22. The monoisotopic (exact) mass is 385 g/mol. The third-order valence-electron chi connectivity index (χ3n) is 4.58. The Balaban J connectivity index is 1.36.